The standard InChI is InChI=1S/C27H23F7N4O4S/c1-40-20-11-21(18(28)10-17(20)23-36-25(39)42-37-23)41-13-22-19(12-38-8-6-16(7-9-38)27(32,33)34)35-24(43-22)14-2-4-15(5-3-14)26(29,30)31/h2-5,10-11,16H,6-9,12-13H2,1H3,(H,36,37,39)/p+1. The lowest BCUT2D eigenvalue weighted by Gasteiger charge is -2.32. The maximum absolute atomic E-state index is 15.1. The lowest BCUT2D eigenvalue weighted by molar-refractivity contribution is -0.602. The van der Waals surface area contributed by atoms with Gasteiger partial charge in [-0.1, -0.05) is 17.3 Å². The van der Waals surface area contributed by atoms with Gasteiger partial charge in [0, 0.05) is 18.2 Å². The number of nitrogens with one attached hydrogen (secondary N) is 2. The van der Waals surface area contributed by atoms with Gasteiger partial charge in [-0.2, -0.15) is 36.1 Å². The summed E-state index contributed by atoms with van der Waals surface area (Å²) in [6, 6.07) is 6.77. The van der Waals surface area contributed by atoms with Crippen LogP contribution in [0.25, 0.3) is 22.0 Å². The van der Waals surface area contributed by atoms with Crippen molar-refractivity contribution in [1.82, 2.24) is 14.9 Å². The quantitative estimate of drug-likeness (QED) is 0.236. The van der Waals surface area contributed by atoms with E-state index in [0.29, 0.717) is 21.1 Å². The number of piperidine rings is 1. The molecular weight excluding hydrogens is 609 g/mol. The molecule has 1 aliphatic heterocycles. The highest BCUT2D eigenvalue weighted by atomic mass is 32.1. The van der Waals surface area contributed by atoms with Crippen LogP contribution < -0.4 is 20.4 Å². The molecule has 2 N–H and O–H groups in total. The zero-order chi connectivity index (χ0) is 30.9. The molecule has 2 aromatic heterocycles. The van der Waals surface area contributed by atoms with E-state index in [2.05, 4.69) is 19.6 Å². The summed E-state index contributed by atoms with van der Waals surface area (Å²) in [6.45, 7) is 0.339. The van der Waals surface area contributed by atoms with E-state index in [4.69, 9.17) is 9.47 Å². The molecule has 0 bridgehead atoms. The summed E-state index contributed by atoms with van der Waals surface area (Å²) < 4.78 is 109. The molecule has 0 atom stereocenters. The van der Waals surface area contributed by atoms with Crippen molar-refractivity contribution in [1.29, 1.82) is 0 Å². The van der Waals surface area contributed by atoms with Crippen LogP contribution in [0.4, 0.5) is 30.7 Å². The Bertz CT molecular complexity index is 1620. The number of thiazole rings is 1. The third kappa shape index (κ3) is 7.01. The fourth-order valence-corrected chi connectivity index (χ4v) is 5.69. The van der Waals surface area contributed by atoms with E-state index in [1.54, 1.807) is 0 Å². The highest BCUT2D eigenvalue weighted by molar-refractivity contribution is 7.15. The molecule has 0 saturated carbocycles. The molecule has 0 spiro atoms. The molecule has 0 amide bonds. The van der Waals surface area contributed by atoms with Gasteiger partial charge in [0.1, 0.15) is 22.9 Å². The minimum Gasteiger partial charge on any atom is -0.496 e. The van der Waals surface area contributed by atoms with E-state index in [9.17, 15) is 31.1 Å². The number of benzene rings is 2. The van der Waals surface area contributed by atoms with Crippen LogP contribution in [-0.4, -0.2) is 41.2 Å². The summed E-state index contributed by atoms with van der Waals surface area (Å²) >= 11 is 1.12. The second-order valence-electron chi connectivity index (χ2n) is 9.82. The lowest BCUT2D eigenvalue weighted by atomic mass is 9.96. The Labute approximate surface area is 243 Å². The minimum absolute atomic E-state index is 0.0625. The lowest BCUT2D eigenvalue weighted by Crippen LogP contribution is -2.38. The van der Waals surface area contributed by atoms with Gasteiger partial charge in [-0.25, -0.2) is 13.9 Å². The van der Waals surface area contributed by atoms with Crippen LogP contribution in [0.3, 0.4) is 0 Å². The molecule has 3 heterocycles. The van der Waals surface area contributed by atoms with Crippen LogP contribution in [0, 0.1) is 11.7 Å². The first kappa shape index (κ1) is 30.5. The smallest absolute Gasteiger partial charge is 0.496 e. The molecular formula is C27H24F7N4O4S+. The number of halogens is 7. The number of alkyl halides is 6. The number of H-pyrrole nitrogens is 2. The summed E-state index contributed by atoms with van der Waals surface area (Å²) in [6.07, 6.45) is -8.92. The van der Waals surface area contributed by atoms with Gasteiger partial charge >= 0.3 is 23.9 Å². The molecule has 4 aromatic rings. The van der Waals surface area contributed by atoms with Gasteiger partial charge in [0.05, 0.1) is 29.2 Å². The third-order valence-electron chi connectivity index (χ3n) is 7.02. The summed E-state index contributed by atoms with van der Waals surface area (Å²) in [4.78, 5) is 20.6. The van der Waals surface area contributed by atoms with Gasteiger partial charge in [-0.3, -0.25) is 4.90 Å². The highest BCUT2D eigenvalue weighted by Gasteiger charge is 2.41. The van der Waals surface area contributed by atoms with Crippen molar-refractivity contribution in [2.24, 2.45) is 5.92 Å². The van der Waals surface area contributed by atoms with Crippen molar-refractivity contribution < 1.29 is 49.9 Å². The van der Waals surface area contributed by atoms with Gasteiger partial charge in [-0.05, 0) is 44.1 Å². The molecule has 43 heavy (non-hydrogen) atoms. The number of hydrogen-bond acceptors (Lipinski definition) is 7. The van der Waals surface area contributed by atoms with Crippen molar-refractivity contribution >= 4 is 11.3 Å². The fraction of sp³-hybridized carbons (Fsp3) is 0.370. The monoisotopic (exact) mass is 633 g/mol. The Morgan fingerprint density at radius 3 is 2.37 bits per heavy atom. The second kappa shape index (κ2) is 12.0. The zero-order valence-corrected chi connectivity index (χ0v) is 23.2. The minimum atomic E-state index is -4.51. The maximum atomic E-state index is 15.1. The number of methoxy groups -OCH3 is 1. The molecule has 0 radical (unpaired) electrons. The summed E-state index contributed by atoms with van der Waals surface area (Å²) in [7, 11) is 1.33. The Kier molecular flexibility index (Phi) is 8.51. The first-order chi connectivity index (χ1) is 20.3. The first-order valence-electron chi connectivity index (χ1n) is 12.9. The molecule has 16 heteroatoms. The zero-order valence-electron chi connectivity index (χ0n) is 22.4. The van der Waals surface area contributed by atoms with E-state index in [1.807, 2.05) is 4.90 Å². The van der Waals surface area contributed by atoms with E-state index in [1.165, 1.54) is 25.3 Å². The normalized spacial score (nSPS) is 15.2. The number of nitrogens with zero attached hydrogens (tertiary/aromatic N) is 2. The van der Waals surface area contributed by atoms with Crippen molar-refractivity contribution in [3.63, 3.8) is 0 Å². The van der Waals surface area contributed by atoms with Crippen molar-refractivity contribution in [3.8, 4) is 33.5 Å². The molecule has 230 valence electrons. The Morgan fingerprint density at radius 2 is 1.79 bits per heavy atom. The molecule has 8 nitrogen and oxygen atoms in total. The average molecular weight is 634 g/mol. The van der Waals surface area contributed by atoms with E-state index in [-0.39, 0.29) is 62.0 Å². The topological polar surface area (TPSA) is 94.7 Å². The molecule has 1 fully saturated rings. The predicted octanol–water partition coefficient (Wildman–Crippen LogP) is 6.09. The van der Waals surface area contributed by atoms with E-state index in [0.717, 1.165) is 29.5 Å². The number of rotatable bonds is 8. The predicted molar refractivity (Wildman–Crippen MR) is 139 cm³/mol. The Balaban J connectivity index is 1.40. The molecule has 2 aromatic carbocycles. The number of hydrogen-bond donors (Lipinski definition) is 1. The Hall–Kier alpha value is -3.92. The van der Waals surface area contributed by atoms with Crippen molar-refractivity contribution in [2.75, 3.05) is 20.2 Å². The number of likely N-dealkylation sites (tertiary alicyclic amines) is 1. The second-order valence-corrected chi connectivity index (χ2v) is 10.9. The summed E-state index contributed by atoms with van der Waals surface area (Å²) in [5.74, 6) is -2.97. The van der Waals surface area contributed by atoms with Gasteiger partial charge in [0.15, 0.2) is 11.6 Å². The van der Waals surface area contributed by atoms with Crippen LogP contribution >= 0.6 is 11.3 Å². The Morgan fingerprint density at radius 1 is 1.09 bits per heavy atom. The van der Waals surface area contributed by atoms with Crippen molar-refractivity contribution in [3.05, 3.63) is 68.9 Å². The van der Waals surface area contributed by atoms with Gasteiger partial charge in [0.2, 0.25) is 0 Å². The van der Waals surface area contributed by atoms with E-state index >= 15 is 4.39 Å². The fourth-order valence-electron chi connectivity index (χ4n) is 4.70. The van der Waals surface area contributed by atoms with Crippen LogP contribution in [0.15, 0.2) is 45.7 Å². The van der Waals surface area contributed by atoms with Gasteiger partial charge in [0.25, 0.3) is 0 Å². The summed E-state index contributed by atoms with van der Waals surface area (Å²) in [5, 5.41) is 2.70. The van der Waals surface area contributed by atoms with E-state index < -0.39 is 35.4 Å². The SMILES string of the molecule is COc1cc(OCc2sc(-c3ccc(C(F)(F)F)cc3)nc2CN2CCC(C(F)(F)F)CC2)c(F)cc1-c1[nH]c(=O)o[nH+]1. The van der Waals surface area contributed by atoms with Crippen molar-refractivity contribution in [2.45, 2.75) is 38.3 Å². The third-order valence-corrected chi connectivity index (χ3v) is 8.14. The van der Waals surface area contributed by atoms with Crippen LogP contribution in [0.2, 0.25) is 0 Å². The largest absolute Gasteiger partial charge is 0.547 e. The molecule has 0 aliphatic carbocycles. The number of aromatic amines is 2. The van der Waals surface area contributed by atoms with Crippen LogP contribution in [0.1, 0.15) is 29.0 Å². The molecule has 1 saturated heterocycles. The average Bonchev–Trinajstić information content (AvgIpc) is 3.57. The molecule has 0 unspecified atom stereocenters. The van der Waals surface area contributed by atoms with Gasteiger partial charge < -0.3 is 9.47 Å². The highest BCUT2D eigenvalue weighted by Crippen LogP contribution is 2.38. The molecule has 1 aliphatic rings. The first-order valence-corrected chi connectivity index (χ1v) is 13.7. The molecule has 5 rings (SSSR count). The maximum Gasteiger partial charge on any atom is 0.547 e. The number of aromatic nitrogens is 3. The summed E-state index contributed by atoms with van der Waals surface area (Å²) in [5.41, 5.74) is 0.196. The number of ether oxygens (including phenoxy) is 2. The van der Waals surface area contributed by atoms with Crippen LogP contribution in [-0.2, 0) is 19.3 Å². The van der Waals surface area contributed by atoms with Crippen LogP contribution in [0.5, 0.6) is 11.5 Å². The van der Waals surface area contributed by atoms with Gasteiger partial charge in [-0.15, -0.1) is 11.3 Å².